The molecule has 2 aromatic rings. The maximum atomic E-state index is 12.6. The second kappa shape index (κ2) is 10.6. The van der Waals surface area contributed by atoms with Crippen LogP contribution in [-0.2, 0) is 0 Å². The summed E-state index contributed by atoms with van der Waals surface area (Å²) < 4.78 is 4.78. The molecule has 0 amide bonds. The van der Waals surface area contributed by atoms with Crippen molar-refractivity contribution in [2.24, 2.45) is 0 Å². The number of ether oxygens (including phenoxy) is 1. The number of nitrogens with one attached hydrogen (secondary N) is 1. The molecular formula is C21H29NO4. The highest BCUT2D eigenvalue weighted by molar-refractivity contribution is 6.10. The predicted octanol–water partition coefficient (Wildman–Crippen LogP) is 6.33. The molecule has 0 fully saturated rings. The molecule has 0 aliphatic heterocycles. The van der Waals surface area contributed by atoms with Crippen molar-refractivity contribution in [3.63, 3.8) is 0 Å². The average Bonchev–Trinajstić information content (AvgIpc) is 2.97. The number of rotatable bonds is 12. The van der Waals surface area contributed by atoms with Gasteiger partial charge in [0.2, 0.25) is 5.88 Å². The van der Waals surface area contributed by atoms with Gasteiger partial charge in [-0.15, -0.1) is 0 Å². The van der Waals surface area contributed by atoms with Crippen LogP contribution in [0.1, 0.15) is 81.5 Å². The lowest BCUT2D eigenvalue weighted by atomic mass is 10.0. The fourth-order valence-electron chi connectivity index (χ4n) is 3.28. The van der Waals surface area contributed by atoms with Crippen LogP contribution in [0.25, 0.3) is 10.9 Å². The molecule has 0 aliphatic rings. The Morgan fingerprint density at radius 1 is 0.962 bits per heavy atom. The Morgan fingerprint density at radius 2 is 1.58 bits per heavy atom. The monoisotopic (exact) mass is 359 g/mol. The molecule has 0 atom stereocenters. The quantitative estimate of drug-likeness (QED) is 0.264. The normalized spacial score (nSPS) is 11.0. The number of fused-ring (bicyclic) bond motifs is 1. The average molecular weight is 359 g/mol. The Bertz CT molecular complexity index is 720. The third-order valence-corrected chi connectivity index (χ3v) is 4.65. The van der Waals surface area contributed by atoms with E-state index in [2.05, 4.69) is 11.9 Å². The van der Waals surface area contributed by atoms with Crippen LogP contribution in [0.4, 0.5) is 4.79 Å². The molecule has 26 heavy (non-hydrogen) atoms. The molecule has 1 aromatic heterocycles. The summed E-state index contributed by atoms with van der Waals surface area (Å²) in [5, 5.41) is 9.61. The van der Waals surface area contributed by atoms with Gasteiger partial charge in [-0.25, -0.2) is 4.79 Å². The van der Waals surface area contributed by atoms with E-state index in [0.717, 1.165) is 19.3 Å². The van der Waals surface area contributed by atoms with Crippen LogP contribution in [-0.4, -0.2) is 22.0 Å². The number of H-pyrrole nitrogens is 1. The largest absolute Gasteiger partial charge is 0.512 e. The first-order chi connectivity index (χ1) is 12.6. The van der Waals surface area contributed by atoms with Crippen LogP contribution in [0, 0.1) is 0 Å². The first-order valence-corrected chi connectivity index (χ1v) is 9.68. The summed E-state index contributed by atoms with van der Waals surface area (Å²) in [4.78, 5) is 26.4. The number of Topliss-reactive ketones (excluding diaryl/α,β-unsaturated/α-hetero) is 1. The van der Waals surface area contributed by atoms with Crippen molar-refractivity contribution in [2.45, 2.75) is 71.1 Å². The zero-order valence-corrected chi connectivity index (χ0v) is 15.6. The summed E-state index contributed by atoms with van der Waals surface area (Å²) in [6, 6.07) is 7.28. The number of aromatic nitrogens is 1. The van der Waals surface area contributed by atoms with Gasteiger partial charge in [0.25, 0.3) is 0 Å². The summed E-state index contributed by atoms with van der Waals surface area (Å²) in [6.07, 6.45) is 9.68. The van der Waals surface area contributed by atoms with Gasteiger partial charge in [-0.3, -0.25) is 4.79 Å². The molecule has 2 rings (SSSR count). The van der Waals surface area contributed by atoms with Crippen molar-refractivity contribution < 1.29 is 19.4 Å². The molecule has 0 aliphatic carbocycles. The van der Waals surface area contributed by atoms with E-state index in [4.69, 9.17) is 9.84 Å². The van der Waals surface area contributed by atoms with E-state index < -0.39 is 6.16 Å². The van der Waals surface area contributed by atoms with E-state index in [1.165, 1.54) is 38.5 Å². The molecule has 142 valence electrons. The fourth-order valence-corrected chi connectivity index (χ4v) is 3.28. The molecule has 0 spiro atoms. The number of ketones is 1. The van der Waals surface area contributed by atoms with Crippen LogP contribution >= 0.6 is 0 Å². The van der Waals surface area contributed by atoms with Gasteiger partial charge in [0, 0.05) is 17.3 Å². The Kier molecular flexibility index (Phi) is 8.19. The van der Waals surface area contributed by atoms with Crippen LogP contribution in [0.15, 0.2) is 24.3 Å². The smallest absolute Gasteiger partial charge is 0.449 e. The molecule has 1 heterocycles. The predicted molar refractivity (Wildman–Crippen MR) is 103 cm³/mol. The van der Waals surface area contributed by atoms with Gasteiger partial charge in [0.05, 0.1) is 5.56 Å². The van der Waals surface area contributed by atoms with Crippen molar-refractivity contribution in [3.8, 4) is 5.88 Å². The SMILES string of the molecule is CCCCCCCCCCCC(=O)c1c(OC(=O)O)[nH]c2ccccc12. The zero-order chi connectivity index (χ0) is 18.8. The van der Waals surface area contributed by atoms with Crippen LogP contribution < -0.4 is 4.74 Å². The van der Waals surface area contributed by atoms with Gasteiger partial charge in [-0.2, -0.15) is 0 Å². The fraction of sp³-hybridized carbons (Fsp3) is 0.524. The molecule has 0 bridgehead atoms. The number of hydrogen-bond acceptors (Lipinski definition) is 3. The summed E-state index contributed by atoms with van der Waals surface area (Å²) >= 11 is 0. The standard InChI is InChI=1S/C21H29NO4/c1-2-3-4-5-6-7-8-9-10-15-18(23)19-16-13-11-12-14-17(16)22-20(19)26-21(24)25/h11-14,22H,2-10,15H2,1H3,(H,24,25). The second-order valence-electron chi connectivity index (χ2n) is 6.74. The first-order valence-electron chi connectivity index (χ1n) is 9.68. The number of carboxylic acid groups (broad SMARTS) is 1. The maximum absolute atomic E-state index is 12.6. The second-order valence-corrected chi connectivity index (χ2v) is 6.74. The van der Waals surface area contributed by atoms with Gasteiger partial charge >= 0.3 is 6.16 Å². The Balaban J connectivity index is 1.84. The molecule has 0 radical (unpaired) electrons. The van der Waals surface area contributed by atoms with E-state index in [0.29, 0.717) is 22.9 Å². The van der Waals surface area contributed by atoms with Gasteiger partial charge in [-0.05, 0) is 12.5 Å². The topological polar surface area (TPSA) is 79.4 Å². The number of carbonyl (C=O) groups excluding carboxylic acids is 1. The van der Waals surface area contributed by atoms with E-state index >= 15 is 0 Å². The van der Waals surface area contributed by atoms with Crippen LogP contribution in [0.2, 0.25) is 0 Å². The number of unbranched alkanes of at least 4 members (excludes halogenated alkanes) is 8. The van der Waals surface area contributed by atoms with E-state index in [1.54, 1.807) is 6.07 Å². The minimum atomic E-state index is -1.42. The molecule has 0 saturated carbocycles. The molecular weight excluding hydrogens is 330 g/mol. The van der Waals surface area contributed by atoms with Crippen molar-refractivity contribution in [3.05, 3.63) is 29.8 Å². The van der Waals surface area contributed by atoms with Crippen LogP contribution in [0.5, 0.6) is 5.88 Å². The molecule has 0 unspecified atom stereocenters. The number of benzene rings is 1. The highest BCUT2D eigenvalue weighted by Crippen LogP contribution is 2.30. The third kappa shape index (κ3) is 5.90. The Morgan fingerprint density at radius 3 is 2.23 bits per heavy atom. The van der Waals surface area contributed by atoms with Gasteiger partial charge < -0.3 is 14.8 Å². The number of hydrogen-bond donors (Lipinski definition) is 2. The lowest BCUT2D eigenvalue weighted by Crippen LogP contribution is -2.08. The van der Waals surface area contributed by atoms with E-state index in [-0.39, 0.29) is 11.7 Å². The maximum Gasteiger partial charge on any atom is 0.512 e. The van der Waals surface area contributed by atoms with Crippen molar-refractivity contribution >= 4 is 22.8 Å². The molecule has 5 heteroatoms. The van der Waals surface area contributed by atoms with Crippen molar-refractivity contribution in [1.29, 1.82) is 0 Å². The van der Waals surface area contributed by atoms with E-state index in [9.17, 15) is 9.59 Å². The molecule has 1 aromatic carbocycles. The minimum absolute atomic E-state index is 0.0274. The summed E-state index contributed by atoms with van der Waals surface area (Å²) in [5.74, 6) is -0.0405. The zero-order valence-electron chi connectivity index (χ0n) is 15.6. The Hall–Kier alpha value is -2.30. The van der Waals surface area contributed by atoms with Gasteiger partial charge in [0.15, 0.2) is 5.78 Å². The van der Waals surface area contributed by atoms with E-state index in [1.807, 2.05) is 18.2 Å². The van der Waals surface area contributed by atoms with Crippen molar-refractivity contribution in [2.75, 3.05) is 0 Å². The highest BCUT2D eigenvalue weighted by atomic mass is 16.7. The number of aromatic amines is 1. The third-order valence-electron chi connectivity index (χ3n) is 4.65. The van der Waals surface area contributed by atoms with Gasteiger partial charge in [-0.1, -0.05) is 76.5 Å². The lowest BCUT2D eigenvalue weighted by molar-refractivity contribution is 0.0976. The number of para-hydroxylation sites is 1. The van der Waals surface area contributed by atoms with Gasteiger partial charge in [0.1, 0.15) is 0 Å². The molecule has 2 N–H and O–H groups in total. The van der Waals surface area contributed by atoms with Crippen LogP contribution in [0.3, 0.4) is 0 Å². The summed E-state index contributed by atoms with van der Waals surface area (Å²) in [7, 11) is 0. The lowest BCUT2D eigenvalue weighted by Gasteiger charge is -2.04. The Labute approximate surface area is 154 Å². The summed E-state index contributed by atoms with van der Waals surface area (Å²) in [6.45, 7) is 2.22. The van der Waals surface area contributed by atoms with Crippen molar-refractivity contribution in [1.82, 2.24) is 4.98 Å². The minimum Gasteiger partial charge on any atom is -0.449 e. The highest BCUT2D eigenvalue weighted by Gasteiger charge is 2.21. The number of carbonyl (C=O) groups is 2. The summed E-state index contributed by atoms with van der Waals surface area (Å²) in [5.41, 5.74) is 1.06. The molecule has 0 saturated heterocycles. The first kappa shape index (κ1) is 20.0. The molecule has 5 nitrogen and oxygen atoms in total.